The van der Waals surface area contributed by atoms with Crippen molar-refractivity contribution in [2.24, 2.45) is 11.1 Å². The maximum Gasteiger partial charge on any atom is 0.209 e. The van der Waals surface area contributed by atoms with Gasteiger partial charge in [0.05, 0.1) is 23.3 Å². The van der Waals surface area contributed by atoms with Crippen LogP contribution in [0.1, 0.15) is 48.9 Å². The van der Waals surface area contributed by atoms with Crippen molar-refractivity contribution in [3.05, 3.63) is 54.0 Å². The normalized spacial score (nSPS) is 25.7. The minimum absolute atomic E-state index is 0.0629. The minimum atomic E-state index is -3.53. The first kappa shape index (κ1) is 20.4. The first-order valence-electron chi connectivity index (χ1n) is 10.7. The highest BCUT2D eigenvalue weighted by Gasteiger charge is 2.35. The van der Waals surface area contributed by atoms with E-state index >= 15 is 0 Å². The van der Waals surface area contributed by atoms with Crippen LogP contribution in [0, 0.1) is 5.92 Å². The van der Waals surface area contributed by atoms with E-state index in [1.165, 1.54) is 11.1 Å². The molecule has 0 spiro atoms. The Morgan fingerprint density at radius 2 is 2.03 bits per heavy atom. The molecule has 164 valence electrons. The van der Waals surface area contributed by atoms with Crippen LogP contribution in [0.5, 0.6) is 0 Å². The van der Waals surface area contributed by atoms with Gasteiger partial charge in [-0.2, -0.15) is 0 Å². The molecule has 2 heterocycles. The third-order valence-corrected chi connectivity index (χ3v) is 7.56. The molecule has 2 aliphatic rings. The van der Waals surface area contributed by atoms with Crippen molar-refractivity contribution in [3.8, 4) is 0 Å². The topological polar surface area (TPSA) is 123 Å². The number of aromatic nitrogens is 3. The van der Waals surface area contributed by atoms with Gasteiger partial charge in [-0.1, -0.05) is 24.3 Å². The number of anilines is 1. The maximum absolute atomic E-state index is 11.3. The van der Waals surface area contributed by atoms with Crippen molar-refractivity contribution >= 4 is 26.9 Å². The highest BCUT2D eigenvalue weighted by atomic mass is 32.2. The van der Waals surface area contributed by atoms with Crippen molar-refractivity contribution in [1.29, 1.82) is 0 Å². The van der Waals surface area contributed by atoms with E-state index in [2.05, 4.69) is 44.1 Å². The number of hydrogen-bond donors (Lipinski definition) is 3. The maximum atomic E-state index is 11.3. The molecule has 4 N–H and O–H groups in total. The average molecular weight is 442 g/mol. The fourth-order valence-corrected chi connectivity index (χ4v) is 5.81. The van der Waals surface area contributed by atoms with Crippen molar-refractivity contribution in [3.63, 3.8) is 0 Å². The van der Waals surface area contributed by atoms with Crippen LogP contribution in [0.2, 0.25) is 0 Å². The van der Waals surface area contributed by atoms with Gasteiger partial charge in [0, 0.05) is 12.2 Å². The molecule has 31 heavy (non-hydrogen) atoms. The molecule has 0 aliphatic heterocycles. The Morgan fingerprint density at radius 3 is 2.87 bits per heavy atom. The van der Waals surface area contributed by atoms with Gasteiger partial charge in [-0.05, 0) is 55.2 Å². The minimum Gasteiger partial charge on any atom is -0.393 e. The molecule has 3 aromatic rings. The number of aryl methyl sites for hydroxylation is 1. The number of nitrogens with two attached hydrogens (primary N) is 1. The first-order chi connectivity index (χ1) is 14.9. The fourth-order valence-electron chi connectivity index (χ4n) is 5.18. The number of fused-ring (bicyclic) bond motifs is 2. The van der Waals surface area contributed by atoms with Crippen LogP contribution in [0.4, 0.5) is 5.82 Å². The zero-order chi connectivity index (χ0) is 21.6. The smallest absolute Gasteiger partial charge is 0.209 e. The van der Waals surface area contributed by atoms with Gasteiger partial charge in [-0.25, -0.2) is 23.5 Å². The number of aliphatic hydroxyl groups is 1. The van der Waals surface area contributed by atoms with Crippen molar-refractivity contribution in [1.82, 2.24) is 14.5 Å². The predicted octanol–water partition coefficient (Wildman–Crippen LogP) is 2.52. The molecular formula is C22H27N5O3S. The highest BCUT2D eigenvalue weighted by Crippen LogP contribution is 2.40. The number of hydrogen-bond acceptors (Lipinski definition) is 6. The monoisotopic (exact) mass is 441 g/mol. The lowest BCUT2D eigenvalue weighted by Gasteiger charge is -2.16. The summed E-state index contributed by atoms with van der Waals surface area (Å²) in [4.78, 5) is 9.02. The van der Waals surface area contributed by atoms with E-state index in [9.17, 15) is 13.5 Å². The predicted molar refractivity (Wildman–Crippen MR) is 119 cm³/mol. The van der Waals surface area contributed by atoms with Crippen molar-refractivity contribution in [2.75, 3.05) is 11.1 Å². The van der Waals surface area contributed by atoms with Crippen molar-refractivity contribution < 1.29 is 13.5 Å². The van der Waals surface area contributed by atoms with E-state index in [1.807, 2.05) is 12.3 Å². The molecule has 8 nitrogen and oxygen atoms in total. The van der Waals surface area contributed by atoms with Crippen LogP contribution >= 0.6 is 0 Å². The van der Waals surface area contributed by atoms with Gasteiger partial charge < -0.3 is 15.0 Å². The van der Waals surface area contributed by atoms with E-state index in [1.54, 1.807) is 6.33 Å². The Balaban J connectivity index is 1.37. The second-order valence-electron chi connectivity index (χ2n) is 8.73. The summed E-state index contributed by atoms with van der Waals surface area (Å²) in [5.41, 5.74) is 3.53. The number of rotatable bonds is 6. The number of benzene rings is 1. The molecular weight excluding hydrogens is 414 g/mol. The van der Waals surface area contributed by atoms with Gasteiger partial charge >= 0.3 is 0 Å². The average Bonchev–Trinajstić information content (AvgIpc) is 3.43. The van der Waals surface area contributed by atoms with Crippen LogP contribution in [0.3, 0.4) is 0 Å². The van der Waals surface area contributed by atoms with Gasteiger partial charge in [0.25, 0.3) is 0 Å². The lowest BCUT2D eigenvalue weighted by molar-refractivity contribution is 0.130. The Labute approximate surface area is 181 Å². The molecule has 1 fully saturated rings. The molecule has 0 bridgehead atoms. The summed E-state index contributed by atoms with van der Waals surface area (Å²) in [6, 6.07) is 10.8. The van der Waals surface area contributed by atoms with Gasteiger partial charge in [-0.3, -0.25) is 0 Å². The number of primary sulfonamides is 1. The largest absolute Gasteiger partial charge is 0.393 e. The number of nitrogens with one attached hydrogen (secondary N) is 1. The lowest BCUT2D eigenvalue weighted by Crippen LogP contribution is -2.22. The van der Waals surface area contributed by atoms with Crippen LogP contribution < -0.4 is 10.5 Å². The molecule has 2 aliphatic carbocycles. The van der Waals surface area contributed by atoms with Crippen LogP contribution in [-0.2, 0) is 16.4 Å². The third-order valence-electron chi connectivity index (χ3n) is 6.75. The fraction of sp³-hybridized carbons (Fsp3) is 0.455. The highest BCUT2D eigenvalue weighted by molar-refractivity contribution is 7.89. The molecule has 2 unspecified atom stereocenters. The van der Waals surface area contributed by atoms with E-state index in [0.29, 0.717) is 19.3 Å². The standard InChI is InChI=1S/C22H27N5O3S/c23-31(29,30)10-8-15-11-16(12-20(15)28)27-9-7-18-21(24-13-25-22(18)27)26-19-6-5-14-3-1-2-4-17(14)19/h1-4,7,9,13,15-16,19-20,28H,5-6,8,10-12H2,(H2,23,29,30)(H,24,25,26)/t15-,16?,19+,20?/m1/s1. The molecule has 4 atom stereocenters. The second-order valence-corrected chi connectivity index (χ2v) is 10.5. The van der Waals surface area contributed by atoms with E-state index in [-0.39, 0.29) is 23.8 Å². The van der Waals surface area contributed by atoms with Crippen LogP contribution in [0.25, 0.3) is 11.0 Å². The summed E-state index contributed by atoms with van der Waals surface area (Å²) in [6.07, 6.45) is 6.76. The summed E-state index contributed by atoms with van der Waals surface area (Å²) in [7, 11) is -3.53. The van der Waals surface area contributed by atoms with Gasteiger partial charge in [0.15, 0.2) is 0 Å². The summed E-state index contributed by atoms with van der Waals surface area (Å²) in [6.45, 7) is 0. The second kappa shape index (κ2) is 7.89. The molecule has 0 saturated heterocycles. The molecule has 0 amide bonds. The summed E-state index contributed by atoms with van der Waals surface area (Å²) < 4.78 is 24.7. The van der Waals surface area contributed by atoms with E-state index < -0.39 is 16.1 Å². The quantitative estimate of drug-likeness (QED) is 0.540. The van der Waals surface area contributed by atoms with Gasteiger partial charge in [-0.15, -0.1) is 0 Å². The SMILES string of the molecule is NS(=O)(=O)CC[C@@H]1CC(n2ccc3c(N[C@H]4CCc5ccccc54)ncnc32)CC1O. The molecule has 2 aromatic heterocycles. The Kier molecular flexibility index (Phi) is 5.19. The summed E-state index contributed by atoms with van der Waals surface area (Å²) >= 11 is 0. The van der Waals surface area contributed by atoms with Crippen molar-refractivity contribution in [2.45, 2.75) is 50.3 Å². The Morgan fingerprint density at radius 1 is 1.19 bits per heavy atom. The Bertz CT molecular complexity index is 1210. The Hall–Kier alpha value is -2.49. The number of aliphatic hydroxyl groups excluding tert-OH is 1. The molecule has 0 radical (unpaired) electrons. The van der Waals surface area contributed by atoms with Gasteiger partial charge in [0.2, 0.25) is 10.0 Å². The lowest BCUT2D eigenvalue weighted by atomic mass is 10.0. The summed E-state index contributed by atoms with van der Waals surface area (Å²) in [5, 5.41) is 20.2. The number of nitrogens with zero attached hydrogens (tertiary/aromatic N) is 3. The van der Waals surface area contributed by atoms with E-state index in [4.69, 9.17) is 5.14 Å². The first-order valence-corrected chi connectivity index (χ1v) is 12.4. The zero-order valence-corrected chi connectivity index (χ0v) is 18.0. The molecule has 1 aromatic carbocycles. The molecule has 1 saturated carbocycles. The van der Waals surface area contributed by atoms with E-state index in [0.717, 1.165) is 29.7 Å². The molecule has 5 rings (SSSR count). The van der Waals surface area contributed by atoms with Gasteiger partial charge in [0.1, 0.15) is 17.8 Å². The summed E-state index contributed by atoms with van der Waals surface area (Å²) in [5.74, 6) is 0.623. The molecule has 9 heteroatoms. The number of sulfonamides is 1. The zero-order valence-electron chi connectivity index (χ0n) is 17.2. The third kappa shape index (κ3) is 4.05. The van der Waals surface area contributed by atoms with Crippen LogP contribution in [0.15, 0.2) is 42.9 Å². The van der Waals surface area contributed by atoms with Crippen LogP contribution in [-0.4, -0.2) is 39.9 Å².